The first-order valence-corrected chi connectivity index (χ1v) is 11.3. The highest BCUT2D eigenvalue weighted by atomic mass is 79.9. The minimum Gasteiger partial charge on any atom is -0.414 e. The summed E-state index contributed by atoms with van der Waals surface area (Å²) in [7, 11) is -0.159. The molecule has 1 atom stereocenters. The molecule has 0 spiro atoms. The average Bonchev–Trinajstić information content (AvgIpc) is 2.38. The van der Waals surface area contributed by atoms with Crippen LogP contribution in [0.15, 0.2) is 22.7 Å². The molecule has 0 radical (unpaired) electrons. The van der Waals surface area contributed by atoms with Gasteiger partial charge in [-0.05, 0) is 48.3 Å². The molecule has 0 aliphatic rings. The molecule has 1 aromatic rings. The normalized spacial score (nSPS) is 14.2. The largest absolute Gasteiger partial charge is 0.414 e. The van der Waals surface area contributed by atoms with E-state index in [1.807, 2.05) is 6.07 Å². The van der Waals surface area contributed by atoms with E-state index in [-0.39, 0.29) is 17.9 Å². The molecule has 126 valence electrons. The van der Waals surface area contributed by atoms with Gasteiger partial charge in [-0.25, -0.2) is 0 Å². The summed E-state index contributed by atoms with van der Waals surface area (Å²) in [6.45, 7) is 14.2. The van der Waals surface area contributed by atoms with Crippen molar-refractivity contribution >= 4 is 24.2 Å². The van der Waals surface area contributed by atoms with Gasteiger partial charge in [-0.2, -0.15) is 0 Å². The van der Waals surface area contributed by atoms with E-state index in [9.17, 15) is 0 Å². The Bertz CT molecular complexity index is 483. The van der Waals surface area contributed by atoms with Crippen LogP contribution in [0.25, 0.3) is 0 Å². The molecule has 0 aliphatic heterocycles. The molecule has 0 N–H and O–H groups in total. The second-order valence-electron chi connectivity index (χ2n) is 7.13. The minimum absolute atomic E-state index is 0.109. The average molecular weight is 389 g/mol. The Labute approximate surface area is 144 Å². The van der Waals surface area contributed by atoms with Gasteiger partial charge in [-0.15, -0.1) is 0 Å². The Morgan fingerprint density at radius 3 is 2.36 bits per heavy atom. The Hall–Kier alpha value is -0.203. The molecule has 0 saturated carbocycles. The molecule has 1 rings (SSSR count). The van der Waals surface area contributed by atoms with Crippen molar-refractivity contribution in [3.63, 3.8) is 0 Å². The fraction of sp³-hybridized carbons (Fsp3) is 0.647. The highest BCUT2D eigenvalue weighted by Crippen LogP contribution is 2.37. The Morgan fingerprint density at radius 1 is 1.23 bits per heavy atom. The number of benzene rings is 1. The van der Waals surface area contributed by atoms with Gasteiger partial charge >= 0.3 is 0 Å². The summed E-state index contributed by atoms with van der Waals surface area (Å²) in [6, 6.07) is 6.23. The summed E-state index contributed by atoms with van der Waals surface area (Å²) in [6.07, 6.45) is -0.109. The van der Waals surface area contributed by atoms with Crippen LogP contribution in [0.5, 0.6) is 0 Å². The molecule has 0 bridgehead atoms. The van der Waals surface area contributed by atoms with Gasteiger partial charge in [0.1, 0.15) is 12.9 Å². The second kappa shape index (κ2) is 8.06. The highest BCUT2D eigenvalue weighted by molar-refractivity contribution is 9.10. The molecular weight excluding hydrogens is 360 g/mol. The van der Waals surface area contributed by atoms with Gasteiger partial charge in [0.15, 0.2) is 8.32 Å². The summed E-state index contributed by atoms with van der Waals surface area (Å²) in [4.78, 5) is 0. The van der Waals surface area contributed by atoms with Crippen LogP contribution in [0.2, 0.25) is 18.1 Å². The molecule has 0 amide bonds. The van der Waals surface area contributed by atoms with Gasteiger partial charge in [0.2, 0.25) is 0 Å². The van der Waals surface area contributed by atoms with Gasteiger partial charge in [0.25, 0.3) is 0 Å². The zero-order valence-corrected chi connectivity index (χ0v) is 17.4. The number of rotatable bonds is 7. The fourth-order valence-electron chi connectivity index (χ4n) is 1.88. The molecule has 0 heterocycles. The van der Waals surface area contributed by atoms with Crippen molar-refractivity contribution in [2.75, 3.05) is 20.5 Å². The molecular formula is C17H29BrO3Si. The smallest absolute Gasteiger partial charge is 0.192 e. The van der Waals surface area contributed by atoms with E-state index in [1.54, 1.807) is 7.11 Å². The van der Waals surface area contributed by atoms with Gasteiger partial charge < -0.3 is 13.9 Å². The van der Waals surface area contributed by atoms with Crippen LogP contribution in [0.1, 0.15) is 38.0 Å². The summed E-state index contributed by atoms with van der Waals surface area (Å²) < 4.78 is 18.4. The van der Waals surface area contributed by atoms with Crippen molar-refractivity contribution < 1.29 is 13.9 Å². The van der Waals surface area contributed by atoms with Gasteiger partial charge in [0, 0.05) is 11.6 Å². The number of methoxy groups -OCH3 is 1. The molecule has 0 aromatic heterocycles. The molecule has 0 aliphatic carbocycles. The van der Waals surface area contributed by atoms with E-state index in [4.69, 9.17) is 13.9 Å². The van der Waals surface area contributed by atoms with Crippen molar-refractivity contribution in [3.05, 3.63) is 33.8 Å². The third-order valence-electron chi connectivity index (χ3n) is 4.37. The van der Waals surface area contributed by atoms with Crippen LogP contribution in [0.4, 0.5) is 0 Å². The molecule has 3 nitrogen and oxygen atoms in total. The predicted octanol–water partition coefficient (Wildman–Crippen LogP) is 5.44. The topological polar surface area (TPSA) is 27.7 Å². The monoisotopic (exact) mass is 388 g/mol. The quantitative estimate of drug-likeness (QED) is 0.459. The molecule has 0 unspecified atom stereocenters. The molecule has 5 heteroatoms. The van der Waals surface area contributed by atoms with E-state index in [1.165, 1.54) is 5.56 Å². The van der Waals surface area contributed by atoms with E-state index >= 15 is 0 Å². The molecule has 22 heavy (non-hydrogen) atoms. The number of hydrogen-bond acceptors (Lipinski definition) is 3. The summed E-state index contributed by atoms with van der Waals surface area (Å²) >= 11 is 3.50. The molecule has 1 aromatic carbocycles. The maximum atomic E-state index is 6.34. The number of ether oxygens (including phenoxy) is 2. The number of hydrogen-bond donors (Lipinski definition) is 0. The predicted molar refractivity (Wildman–Crippen MR) is 97.7 cm³/mol. The lowest BCUT2D eigenvalue weighted by atomic mass is 10.0. The lowest BCUT2D eigenvalue weighted by Crippen LogP contribution is -2.42. The van der Waals surface area contributed by atoms with Crippen LogP contribution in [0.3, 0.4) is 0 Å². The van der Waals surface area contributed by atoms with Crippen molar-refractivity contribution in [1.29, 1.82) is 0 Å². The van der Waals surface area contributed by atoms with Crippen LogP contribution < -0.4 is 0 Å². The standard InChI is InChI=1S/C17H29BrO3Si/c1-13-10-14(18)8-9-15(13)16(20-12-19-5)11-21-22(6,7)17(2,3)4/h8-10,16H,11-12H2,1-7H3/t16-/m0/s1. The maximum Gasteiger partial charge on any atom is 0.192 e. The summed E-state index contributed by atoms with van der Waals surface area (Å²) in [5, 5.41) is 0.188. The van der Waals surface area contributed by atoms with Crippen LogP contribution in [-0.4, -0.2) is 28.8 Å². The highest BCUT2D eigenvalue weighted by Gasteiger charge is 2.37. The third-order valence-corrected chi connectivity index (χ3v) is 9.36. The SMILES string of the molecule is COCO[C@@H](CO[Si](C)(C)C(C)(C)C)c1ccc(Br)cc1C. The minimum atomic E-state index is -1.80. The first kappa shape index (κ1) is 19.8. The second-order valence-corrected chi connectivity index (χ2v) is 12.9. The third kappa shape index (κ3) is 5.46. The fourth-order valence-corrected chi connectivity index (χ4v) is 3.36. The van der Waals surface area contributed by atoms with Gasteiger partial charge in [-0.3, -0.25) is 0 Å². The number of halogens is 1. The van der Waals surface area contributed by atoms with Crippen LogP contribution >= 0.6 is 15.9 Å². The maximum absolute atomic E-state index is 6.34. The van der Waals surface area contributed by atoms with Crippen molar-refractivity contribution in [2.45, 2.75) is 51.9 Å². The molecule has 0 saturated heterocycles. The summed E-state index contributed by atoms with van der Waals surface area (Å²) in [5.74, 6) is 0. The Morgan fingerprint density at radius 2 is 1.86 bits per heavy atom. The lowest BCUT2D eigenvalue weighted by molar-refractivity contribution is -0.0872. The first-order valence-electron chi connectivity index (χ1n) is 7.59. The first-order chi connectivity index (χ1) is 10.1. The van der Waals surface area contributed by atoms with E-state index in [0.29, 0.717) is 6.61 Å². The van der Waals surface area contributed by atoms with E-state index < -0.39 is 8.32 Å². The van der Waals surface area contributed by atoms with Crippen molar-refractivity contribution in [2.24, 2.45) is 0 Å². The van der Waals surface area contributed by atoms with Crippen LogP contribution in [-0.2, 0) is 13.9 Å². The zero-order valence-electron chi connectivity index (χ0n) is 14.8. The van der Waals surface area contributed by atoms with Crippen molar-refractivity contribution in [3.8, 4) is 0 Å². The van der Waals surface area contributed by atoms with Crippen LogP contribution in [0, 0.1) is 6.92 Å². The lowest BCUT2D eigenvalue weighted by Gasteiger charge is -2.37. The van der Waals surface area contributed by atoms with Crippen molar-refractivity contribution in [1.82, 2.24) is 0 Å². The molecule has 0 fully saturated rings. The summed E-state index contributed by atoms with van der Waals surface area (Å²) in [5.41, 5.74) is 2.34. The van der Waals surface area contributed by atoms with Gasteiger partial charge in [-0.1, -0.05) is 42.8 Å². The van der Waals surface area contributed by atoms with Gasteiger partial charge in [0.05, 0.1) is 6.61 Å². The van der Waals surface area contributed by atoms with E-state index in [0.717, 1.165) is 10.0 Å². The Kier molecular flexibility index (Phi) is 7.27. The Balaban J connectivity index is 2.90. The van der Waals surface area contributed by atoms with E-state index in [2.05, 4.69) is 68.9 Å². The zero-order chi connectivity index (χ0) is 17.0. The number of aryl methyl sites for hydroxylation is 1.